The fourth-order valence-corrected chi connectivity index (χ4v) is 6.53. The van der Waals surface area contributed by atoms with Gasteiger partial charge in [0.05, 0.1) is 19.6 Å². The molecule has 11 heteroatoms. The molecule has 1 N–H and O–H groups in total. The molecule has 2 aliphatic rings. The lowest BCUT2D eigenvalue weighted by Crippen LogP contribution is -2.69. The van der Waals surface area contributed by atoms with Gasteiger partial charge in [0.1, 0.15) is 23.8 Å². The Labute approximate surface area is 294 Å². The largest absolute Gasteiger partial charge is 0.497 e. The number of aromatic nitrogens is 1. The van der Waals surface area contributed by atoms with Crippen LogP contribution < -0.4 is 15.0 Å². The van der Waals surface area contributed by atoms with Gasteiger partial charge in [0, 0.05) is 12.2 Å². The maximum Gasteiger partial charge on any atom is 0.416 e. The monoisotopic (exact) mass is 684 g/mol. The smallest absolute Gasteiger partial charge is 0.416 e. The molecular weight excluding hydrogens is 636 g/mol. The third kappa shape index (κ3) is 9.19. The number of β-lactam (4-membered cyclic amide) rings is 1. The van der Waals surface area contributed by atoms with Crippen molar-refractivity contribution >= 4 is 29.8 Å². The van der Waals surface area contributed by atoms with Gasteiger partial charge in [0.25, 0.3) is 0 Å². The molecule has 2 aromatic carbocycles. The zero-order chi connectivity index (χ0) is 35.8. The molecule has 1 aliphatic heterocycles. The van der Waals surface area contributed by atoms with Crippen LogP contribution in [0, 0.1) is 11.8 Å². The molecule has 3 atom stereocenters. The van der Waals surface area contributed by atoms with Crippen molar-refractivity contribution in [3.8, 4) is 5.75 Å². The summed E-state index contributed by atoms with van der Waals surface area (Å²) in [6, 6.07) is 18.2. The second kappa shape index (κ2) is 16.2. The minimum absolute atomic E-state index is 0.0145. The molecular formula is C39H48N4O7. The Balaban J connectivity index is 1.37. The zero-order valence-electron chi connectivity index (χ0n) is 29.6. The van der Waals surface area contributed by atoms with Gasteiger partial charge < -0.3 is 19.5 Å². The first kappa shape index (κ1) is 36.4. The number of esters is 1. The van der Waals surface area contributed by atoms with Crippen molar-refractivity contribution < 1.29 is 33.4 Å². The molecule has 1 saturated heterocycles. The van der Waals surface area contributed by atoms with Crippen LogP contribution in [0.4, 0.5) is 15.4 Å². The Morgan fingerprint density at radius 3 is 2.32 bits per heavy atom. The molecule has 0 spiro atoms. The first-order valence-electron chi connectivity index (χ1n) is 17.4. The average Bonchev–Trinajstić information content (AvgIpc) is 3.11. The second-order valence-corrected chi connectivity index (χ2v) is 14.1. The van der Waals surface area contributed by atoms with Crippen LogP contribution in [0.15, 0.2) is 72.9 Å². The molecule has 1 aromatic heterocycles. The van der Waals surface area contributed by atoms with E-state index in [1.165, 1.54) is 11.3 Å². The third-order valence-corrected chi connectivity index (χ3v) is 9.26. The Hall–Kier alpha value is -4.93. The fourth-order valence-electron chi connectivity index (χ4n) is 6.53. The van der Waals surface area contributed by atoms with E-state index in [9.17, 15) is 19.2 Å². The summed E-state index contributed by atoms with van der Waals surface area (Å²) in [5.74, 6) is -0.627. The highest BCUT2D eigenvalue weighted by Crippen LogP contribution is 2.33. The SMILES string of the molecule is COc1ccc(CN(C(=O)OC(C)(C)C)c2cc(C[C@H]3C(=O)N(C(=O)N[C@H](C)C4CCCCC4)[C@@H]3C(=O)OCc3ccccc3)ccn2)cc1. The maximum absolute atomic E-state index is 13.7. The molecule has 266 valence electrons. The van der Waals surface area contributed by atoms with Crippen LogP contribution in [0.5, 0.6) is 5.75 Å². The molecule has 2 fully saturated rings. The highest BCUT2D eigenvalue weighted by atomic mass is 16.6. The van der Waals surface area contributed by atoms with Crippen LogP contribution in [0.25, 0.3) is 0 Å². The quantitative estimate of drug-likeness (QED) is 0.172. The number of urea groups is 1. The Bertz CT molecular complexity index is 1630. The summed E-state index contributed by atoms with van der Waals surface area (Å²) in [4.78, 5) is 61.2. The number of carbonyl (C=O) groups excluding carboxylic acids is 4. The number of rotatable bonds is 11. The summed E-state index contributed by atoms with van der Waals surface area (Å²) in [6.07, 6.45) is 6.55. The lowest BCUT2D eigenvalue weighted by Gasteiger charge is -2.44. The molecule has 4 amide bonds. The van der Waals surface area contributed by atoms with E-state index in [4.69, 9.17) is 14.2 Å². The van der Waals surface area contributed by atoms with Crippen LogP contribution in [0.2, 0.25) is 0 Å². The van der Waals surface area contributed by atoms with Crippen molar-refractivity contribution in [3.63, 3.8) is 0 Å². The summed E-state index contributed by atoms with van der Waals surface area (Å²) in [7, 11) is 1.58. The number of nitrogens with zero attached hydrogens (tertiary/aromatic N) is 3. The molecule has 1 saturated carbocycles. The molecule has 3 aromatic rings. The van der Waals surface area contributed by atoms with Crippen LogP contribution in [-0.2, 0) is 38.6 Å². The number of anilines is 1. The van der Waals surface area contributed by atoms with E-state index in [1.807, 2.05) is 61.5 Å². The van der Waals surface area contributed by atoms with E-state index in [1.54, 1.807) is 46.2 Å². The molecule has 5 rings (SSSR count). The number of hydrogen-bond donors (Lipinski definition) is 1. The predicted octanol–water partition coefficient (Wildman–Crippen LogP) is 6.82. The number of amides is 4. The van der Waals surface area contributed by atoms with Gasteiger partial charge in [-0.15, -0.1) is 0 Å². The van der Waals surface area contributed by atoms with Crippen LogP contribution in [0.3, 0.4) is 0 Å². The predicted molar refractivity (Wildman–Crippen MR) is 188 cm³/mol. The van der Waals surface area contributed by atoms with E-state index >= 15 is 0 Å². The van der Waals surface area contributed by atoms with E-state index < -0.39 is 41.6 Å². The lowest BCUT2D eigenvalue weighted by molar-refractivity contribution is -0.170. The summed E-state index contributed by atoms with van der Waals surface area (Å²) in [5, 5.41) is 2.99. The van der Waals surface area contributed by atoms with E-state index in [-0.39, 0.29) is 25.6 Å². The second-order valence-electron chi connectivity index (χ2n) is 14.1. The van der Waals surface area contributed by atoms with Crippen LogP contribution in [-0.4, -0.2) is 58.7 Å². The average molecular weight is 685 g/mol. The van der Waals surface area contributed by atoms with Gasteiger partial charge >= 0.3 is 18.1 Å². The van der Waals surface area contributed by atoms with Gasteiger partial charge in [-0.25, -0.2) is 24.3 Å². The first-order valence-corrected chi connectivity index (χ1v) is 17.4. The third-order valence-electron chi connectivity index (χ3n) is 9.26. The lowest BCUT2D eigenvalue weighted by atomic mass is 9.82. The van der Waals surface area contributed by atoms with Crippen molar-refractivity contribution in [2.75, 3.05) is 12.0 Å². The van der Waals surface area contributed by atoms with Gasteiger partial charge in [0.2, 0.25) is 5.91 Å². The molecule has 1 aliphatic carbocycles. The van der Waals surface area contributed by atoms with Crippen molar-refractivity contribution in [2.24, 2.45) is 11.8 Å². The standard InChI is InChI=1S/C39H48N4O7/c1-26(30-14-10-7-11-15-30)41-37(46)43-34(36(45)49-25-28-12-8-6-9-13-28)32(35(43)44)22-29-20-21-40-33(23-29)42(38(47)50-39(2,3)4)24-27-16-18-31(48-5)19-17-27/h6,8-9,12-13,16-21,23,26,30,32,34H,7,10-11,14-15,22,24-25H2,1-5H3,(H,41,46)/t26-,32-,34+/m1/s1. The van der Waals surface area contributed by atoms with Crippen molar-refractivity contribution in [1.82, 2.24) is 15.2 Å². The molecule has 50 heavy (non-hydrogen) atoms. The number of hydrogen-bond acceptors (Lipinski definition) is 8. The van der Waals surface area contributed by atoms with Crippen LogP contribution in [0.1, 0.15) is 76.5 Å². The normalized spacial score (nSPS) is 18.4. The number of pyridine rings is 1. The van der Waals surface area contributed by atoms with E-state index in [0.717, 1.165) is 41.7 Å². The molecule has 2 heterocycles. The molecule has 0 bridgehead atoms. The highest BCUT2D eigenvalue weighted by molar-refractivity contribution is 6.08. The number of ether oxygens (including phenoxy) is 3. The number of methoxy groups -OCH3 is 1. The highest BCUT2D eigenvalue weighted by Gasteiger charge is 2.55. The minimum Gasteiger partial charge on any atom is -0.497 e. The summed E-state index contributed by atoms with van der Waals surface area (Å²) in [6.45, 7) is 7.51. The summed E-state index contributed by atoms with van der Waals surface area (Å²) in [5.41, 5.74) is 1.52. The first-order chi connectivity index (χ1) is 23.9. The van der Waals surface area contributed by atoms with Crippen molar-refractivity contribution in [3.05, 3.63) is 89.6 Å². The van der Waals surface area contributed by atoms with Gasteiger partial charge in [-0.3, -0.25) is 9.69 Å². The zero-order valence-corrected chi connectivity index (χ0v) is 29.6. The number of imide groups is 1. The number of nitrogens with one attached hydrogen (secondary N) is 1. The van der Waals surface area contributed by atoms with E-state index in [2.05, 4.69) is 10.3 Å². The van der Waals surface area contributed by atoms with Crippen LogP contribution >= 0.6 is 0 Å². The van der Waals surface area contributed by atoms with Gasteiger partial charge in [0.15, 0.2) is 6.04 Å². The number of likely N-dealkylation sites (tertiary alicyclic amines) is 1. The maximum atomic E-state index is 13.7. The van der Waals surface area contributed by atoms with Crippen molar-refractivity contribution in [1.29, 1.82) is 0 Å². The Kier molecular flexibility index (Phi) is 11.8. The Morgan fingerprint density at radius 2 is 1.66 bits per heavy atom. The molecule has 0 unspecified atom stereocenters. The Morgan fingerprint density at radius 1 is 0.960 bits per heavy atom. The van der Waals surface area contributed by atoms with Gasteiger partial charge in [-0.1, -0.05) is 61.7 Å². The molecule has 0 radical (unpaired) electrons. The fraction of sp³-hybridized carbons (Fsp3) is 0.462. The van der Waals surface area contributed by atoms with E-state index in [0.29, 0.717) is 23.0 Å². The minimum atomic E-state index is -1.11. The number of benzene rings is 2. The van der Waals surface area contributed by atoms with Gasteiger partial charge in [-0.05, 0) is 93.8 Å². The number of carbonyl (C=O) groups is 4. The molecule has 11 nitrogen and oxygen atoms in total. The summed E-state index contributed by atoms with van der Waals surface area (Å²) >= 11 is 0. The topological polar surface area (TPSA) is 127 Å². The van der Waals surface area contributed by atoms with Gasteiger partial charge in [-0.2, -0.15) is 0 Å². The summed E-state index contributed by atoms with van der Waals surface area (Å²) < 4.78 is 16.7. The van der Waals surface area contributed by atoms with Crippen molar-refractivity contribution in [2.45, 2.75) is 97.1 Å².